The lowest BCUT2D eigenvalue weighted by atomic mass is 10.1. The van der Waals surface area contributed by atoms with Crippen LogP contribution in [0.1, 0.15) is 22.2 Å². The average Bonchev–Trinajstić information content (AvgIpc) is 3.28. The molecular formula is C18H12N2O3S. The van der Waals surface area contributed by atoms with Gasteiger partial charge in [-0.3, -0.25) is 9.36 Å². The maximum absolute atomic E-state index is 12.1. The largest absolute Gasteiger partial charge is 0.401 e. The highest BCUT2D eigenvalue weighted by Gasteiger charge is 2.25. The fourth-order valence-electron chi connectivity index (χ4n) is 2.64. The Balaban J connectivity index is 1.83. The fourth-order valence-corrected chi connectivity index (χ4v) is 3.29. The molecule has 1 aliphatic heterocycles. The van der Waals surface area contributed by atoms with Gasteiger partial charge in [0.05, 0.1) is 10.4 Å². The summed E-state index contributed by atoms with van der Waals surface area (Å²) in [6, 6.07) is 11.3. The van der Waals surface area contributed by atoms with Gasteiger partial charge in [0.1, 0.15) is 0 Å². The molecule has 118 valence electrons. The number of benzene rings is 1. The lowest BCUT2D eigenvalue weighted by Gasteiger charge is -1.96. The summed E-state index contributed by atoms with van der Waals surface area (Å²) in [5.41, 5.74) is 1.78. The third-order valence-corrected chi connectivity index (χ3v) is 4.58. The number of hydrogen-bond donors (Lipinski definition) is 0. The van der Waals surface area contributed by atoms with Gasteiger partial charge in [0.15, 0.2) is 5.70 Å². The Morgan fingerprint density at radius 3 is 2.83 bits per heavy atom. The van der Waals surface area contributed by atoms with E-state index in [2.05, 4.69) is 4.99 Å². The summed E-state index contributed by atoms with van der Waals surface area (Å²) in [6.07, 6.45) is 3.37. The predicted molar refractivity (Wildman–Crippen MR) is 93.2 cm³/mol. The highest BCUT2D eigenvalue weighted by atomic mass is 32.1. The summed E-state index contributed by atoms with van der Waals surface area (Å²) >= 11 is 1.46. The van der Waals surface area contributed by atoms with Crippen LogP contribution in [0.5, 0.6) is 0 Å². The van der Waals surface area contributed by atoms with Crippen molar-refractivity contribution in [1.82, 2.24) is 4.57 Å². The van der Waals surface area contributed by atoms with Gasteiger partial charge in [-0.25, -0.2) is 9.79 Å². The van der Waals surface area contributed by atoms with Gasteiger partial charge in [-0.15, -0.1) is 11.3 Å². The molecule has 3 aromatic rings. The average molecular weight is 336 g/mol. The Kier molecular flexibility index (Phi) is 3.39. The number of hydrogen-bond acceptors (Lipinski definition) is 5. The summed E-state index contributed by atoms with van der Waals surface area (Å²) < 4.78 is 6.80. The van der Waals surface area contributed by atoms with E-state index in [-0.39, 0.29) is 11.6 Å². The lowest BCUT2D eigenvalue weighted by molar-refractivity contribution is -0.129. The zero-order valence-electron chi connectivity index (χ0n) is 12.7. The number of thiophene rings is 1. The number of aliphatic imine (C=N–C) groups is 1. The van der Waals surface area contributed by atoms with Crippen molar-refractivity contribution in [3.8, 4) is 0 Å². The number of para-hydroxylation sites is 1. The molecule has 3 heterocycles. The van der Waals surface area contributed by atoms with E-state index in [9.17, 15) is 9.59 Å². The van der Waals surface area contributed by atoms with Gasteiger partial charge in [-0.05, 0) is 23.6 Å². The van der Waals surface area contributed by atoms with Gasteiger partial charge >= 0.3 is 5.97 Å². The van der Waals surface area contributed by atoms with Crippen LogP contribution in [0.4, 0.5) is 0 Å². The molecular weight excluding hydrogens is 324 g/mol. The summed E-state index contributed by atoms with van der Waals surface area (Å²) in [7, 11) is 0. The number of carbonyl (C=O) groups is 2. The van der Waals surface area contributed by atoms with Crippen molar-refractivity contribution in [3.63, 3.8) is 0 Å². The van der Waals surface area contributed by atoms with Gasteiger partial charge in [0.25, 0.3) is 0 Å². The van der Waals surface area contributed by atoms with E-state index in [1.54, 1.807) is 16.8 Å². The predicted octanol–water partition coefficient (Wildman–Crippen LogP) is 3.71. The number of esters is 1. The highest BCUT2D eigenvalue weighted by Crippen LogP contribution is 2.26. The van der Waals surface area contributed by atoms with Crippen LogP contribution in [0.25, 0.3) is 17.0 Å². The number of aromatic nitrogens is 1. The molecule has 0 saturated carbocycles. The summed E-state index contributed by atoms with van der Waals surface area (Å²) in [4.78, 5) is 29.0. The monoisotopic (exact) mass is 336 g/mol. The number of rotatable bonds is 2. The molecule has 0 N–H and O–H groups in total. The molecule has 24 heavy (non-hydrogen) atoms. The van der Waals surface area contributed by atoms with Crippen LogP contribution in [0.3, 0.4) is 0 Å². The molecule has 0 atom stereocenters. The number of cyclic esters (lactones) is 1. The van der Waals surface area contributed by atoms with Gasteiger partial charge in [-0.2, -0.15) is 0 Å². The fraction of sp³-hybridized carbons (Fsp3) is 0.0556. The van der Waals surface area contributed by atoms with Crippen LogP contribution in [0.2, 0.25) is 0 Å². The van der Waals surface area contributed by atoms with E-state index in [1.165, 1.54) is 18.3 Å². The topological polar surface area (TPSA) is 60.7 Å². The Labute approximate surface area is 141 Å². The third-order valence-electron chi connectivity index (χ3n) is 3.73. The minimum atomic E-state index is -0.488. The van der Waals surface area contributed by atoms with Crippen LogP contribution in [-0.2, 0) is 9.53 Å². The van der Waals surface area contributed by atoms with Crippen LogP contribution in [-0.4, -0.2) is 22.3 Å². The molecule has 5 nitrogen and oxygen atoms in total. The first kappa shape index (κ1) is 14.6. The first-order valence-electron chi connectivity index (χ1n) is 7.31. The molecule has 0 amide bonds. The first-order chi connectivity index (χ1) is 11.6. The van der Waals surface area contributed by atoms with E-state index in [4.69, 9.17) is 4.74 Å². The van der Waals surface area contributed by atoms with Gasteiger partial charge < -0.3 is 4.74 Å². The second-order valence-electron chi connectivity index (χ2n) is 5.30. The highest BCUT2D eigenvalue weighted by molar-refractivity contribution is 7.12. The van der Waals surface area contributed by atoms with E-state index in [0.29, 0.717) is 5.90 Å². The minimum absolute atomic E-state index is 0.0902. The molecule has 0 radical (unpaired) electrons. The molecule has 0 aliphatic carbocycles. The first-order valence-corrected chi connectivity index (χ1v) is 8.19. The molecule has 0 saturated heterocycles. The van der Waals surface area contributed by atoms with Crippen molar-refractivity contribution in [2.24, 2.45) is 4.99 Å². The van der Waals surface area contributed by atoms with E-state index >= 15 is 0 Å². The Morgan fingerprint density at radius 1 is 1.25 bits per heavy atom. The Bertz CT molecular complexity index is 1030. The number of ether oxygens (including phenoxy) is 1. The molecule has 0 unspecified atom stereocenters. The smallest absolute Gasteiger partial charge is 0.363 e. The standard InChI is InChI=1S/C18H12N2O3S/c1-11(21)20-10-12(13-5-2-3-6-15(13)20)9-14-18(22)23-17(19-14)16-7-4-8-24-16/h2-10H,1H3/b14-9-. The molecule has 1 aliphatic rings. The van der Waals surface area contributed by atoms with E-state index in [1.807, 2.05) is 41.8 Å². The van der Waals surface area contributed by atoms with Crippen LogP contribution in [0, 0.1) is 0 Å². The second-order valence-corrected chi connectivity index (χ2v) is 6.25. The van der Waals surface area contributed by atoms with Gasteiger partial charge in [0, 0.05) is 24.1 Å². The molecule has 4 rings (SSSR count). The van der Waals surface area contributed by atoms with Gasteiger partial charge in [-0.1, -0.05) is 24.3 Å². The Morgan fingerprint density at radius 2 is 2.08 bits per heavy atom. The SMILES string of the molecule is CC(=O)n1cc(/C=C2\N=C(c3cccs3)OC2=O)c2ccccc21. The molecule has 1 aromatic carbocycles. The quantitative estimate of drug-likeness (QED) is 0.529. The summed E-state index contributed by atoms with van der Waals surface area (Å²) in [6.45, 7) is 1.50. The van der Waals surface area contributed by atoms with Crippen LogP contribution in [0.15, 0.2) is 58.7 Å². The Hall–Kier alpha value is -2.99. The van der Waals surface area contributed by atoms with Crippen LogP contribution < -0.4 is 0 Å². The number of nitrogens with zero attached hydrogens (tertiary/aromatic N) is 2. The summed E-state index contributed by atoms with van der Waals surface area (Å²) in [5.74, 6) is -0.262. The van der Waals surface area contributed by atoms with Crippen molar-refractivity contribution in [2.45, 2.75) is 6.92 Å². The maximum Gasteiger partial charge on any atom is 0.363 e. The van der Waals surface area contributed by atoms with Crippen molar-refractivity contribution < 1.29 is 14.3 Å². The van der Waals surface area contributed by atoms with Crippen molar-refractivity contribution in [1.29, 1.82) is 0 Å². The minimum Gasteiger partial charge on any atom is -0.401 e. The molecule has 2 aromatic heterocycles. The van der Waals surface area contributed by atoms with E-state index < -0.39 is 5.97 Å². The van der Waals surface area contributed by atoms with Crippen molar-refractivity contribution in [2.75, 3.05) is 0 Å². The number of carbonyl (C=O) groups excluding carboxylic acids is 2. The van der Waals surface area contributed by atoms with Crippen molar-refractivity contribution >= 4 is 46.1 Å². The second kappa shape index (κ2) is 5.58. The zero-order valence-corrected chi connectivity index (χ0v) is 13.5. The molecule has 0 spiro atoms. The third kappa shape index (κ3) is 2.37. The van der Waals surface area contributed by atoms with Crippen molar-refractivity contribution in [3.05, 3.63) is 64.1 Å². The lowest BCUT2D eigenvalue weighted by Crippen LogP contribution is -2.03. The molecule has 6 heteroatoms. The molecule has 0 fully saturated rings. The normalized spacial score (nSPS) is 15.8. The maximum atomic E-state index is 12.1. The van der Waals surface area contributed by atoms with E-state index in [0.717, 1.165) is 21.3 Å². The number of fused-ring (bicyclic) bond motifs is 1. The zero-order chi connectivity index (χ0) is 16.7. The van der Waals surface area contributed by atoms with Gasteiger partial charge in [0.2, 0.25) is 11.8 Å². The van der Waals surface area contributed by atoms with Crippen LogP contribution >= 0.6 is 11.3 Å². The molecule has 0 bridgehead atoms. The summed E-state index contributed by atoms with van der Waals surface area (Å²) in [5, 5.41) is 2.78.